The Bertz CT molecular complexity index is 974. The van der Waals surface area contributed by atoms with Gasteiger partial charge in [-0.05, 0) is 35.9 Å². The minimum absolute atomic E-state index is 0.0715. The fraction of sp³-hybridized carbons (Fsp3) is 0.176. The molecule has 0 bridgehead atoms. The SMILES string of the molecule is CS(=O)(=O)Nc1ccc(C(=O)NCc2ccccc2NC(=O)C(F)(F)F)cc1. The number of rotatable bonds is 6. The number of sulfonamides is 1. The van der Waals surface area contributed by atoms with E-state index >= 15 is 0 Å². The molecule has 0 fully saturated rings. The molecule has 0 saturated heterocycles. The minimum Gasteiger partial charge on any atom is -0.348 e. The van der Waals surface area contributed by atoms with Crippen molar-refractivity contribution in [2.75, 3.05) is 16.3 Å². The van der Waals surface area contributed by atoms with E-state index in [2.05, 4.69) is 10.0 Å². The molecule has 0 radical (unpaired) electrons. The molecular formula is C17H16F3N3O4S. The Labute approximate surface area is 159 Å². The van der Waals surface area contributed by atoms with Crippen molar-refractivity contribution in [2.45, 2.75) is 12.7 Å². The van der Waals surface area contributed by atoms with E-state index in [1.54, 1.807) is 11.4 Å². The maximum Gasteiger partial charge on any atom is 0.471 e. The van der Waals surface area contributed by atoms with E-state index in [1.165, 1.54) is 42.5 Å². The normalized spacial score (nSPS) is 11.6. The first-order valence-electron chi connectivity index (χ1n) is 7.78. The molecule has 0 atom stereocenters. The van der Waals surface area contributed by atoms with E-state index < -0.39 is 28.0 Å². The molecule has 7 nitrogen and oxygen atoms in total. The Hall–Kier alpha value is -3.08. The molecule has 0 aliphatic carbocycles. The van der Waals surface area contributed by atoms with Crippen LogP contribution in [0.3, 0.4) is 0 Å². The van der Waals surface area contributed by atoms with Crippen molar-refractivity contribution in [1.82, 2.24) is 5.32 Å². The second-order valence-corrected chi connectivity index (χ2v) is 7.49. The fourth-order valence-electron chi connectivity index (χ4n) is 2.17. The fourth-order valence-corrected chi connectivity index (χ4v) is 2.74. The van der Waals surface area contributed by atoms with Crippen molar-refractivity contribution >= 4 is 33.2 Å². The van der Waals surface area contributed by atoms with Gasteiger partial charge in [-0.25, -0.2) is 8.42 Å². The smallest absolute Gasteiger partial charge is 0.348 e. The standard InChI is InChI=1S/C17H16F3N3O4S/c1-28(26,27)23-13-8-6-11(7-9-13)15(24)21-10-12-4-2-3-5-14(12)22-16(25)17(18,19)20/h2-9,23H,10H2,1H3,(H,21,24)(H,22,25). The Morgan fingerprint density at radius 3 is 2.18 bits per heavy atom. The number of hydrogen-bond donors (Lipinski definition) is 3. The van der Waals surface area contributed by atoms with Crippen LogP contribution in [0, 0.1) is 0 Å². The monoisotopic (exact) mass is 415 g/mol. The summed E-state index contributed by atoms with van der Waals surface area (Å²) in [6.45, 7) is -0.128. The first-order valence-corrected chi connectivity index (χ1v) is 9.67. The summed E-state index contributed by atoms with van der Waals surface area (Å²) in [5.41, 5.74) is 0.705. The summed E-state index contributed by atoms with van der Waals surface area (Å²) in [5.74, 6) is -2.64. The molecule has 2 rings (SSSR count). The van der Waals surface area contributed by atoms with Gasteiger partial charge in [-0.2, -0.15) is 13.2 Å². The Morgan fingerprint density at radius 1 is 1.00 bits per heavy atom. The van der Waals surface area contributed by atoms with Gasteiger partial charge in [0.05, 0.1) is 6.26 Å². The average Bonchev–Trinajstić information content (AvgIpc) is 2.59. The van der Waals surface area contributed by atoms with Crippen LogP contribution < -0.4 is 15.4 Å². The van der Waals surface area contributed by atoms with Gasteiger partial charge in [-0.15, -0.1) is 0 Å². The number of para-hydroxylation sites is 1. The second-order valence-electron chi connectivity index (χ2n) is 5.74. The van der Waals surface area contributed by atoms with Crippen LogP contribution in [0.2, 0.25) is 0 Å². The van der Waals surface area contributed by atoms with Crippen LogP contribution in [-0.4, -0.2) is 32.7 Å². The van der Waals surface area contributed by atoms with Gasteiger partial charge in [-0.3, -0.25) is 14.3 Å². The molecule has 150 valence electrons. The zero-order chi connectivity index (χ0) is 20.9. The predicted octanol–water partition coefficient (Wildman–Crippen LogP) is 2.49. The number of benzene rings is 2. The van der Waals surface area contributed by atoms with Gasteiger partial charge >= 0.3 is 12.1 Å². The number of carbonyl (C=O) groups excluding carboxylic acids is 2. The molecule has 0 aliphatic heterocycles. The third-order valence-electron chi connectivity index (χ3n) is 3.41. The molecule has 28 heavy (non-hydrogen) atoms. The van der Waals surface area contributed by atoms with E-state index in [9.17, 15) is 31.2 Å². The van der Waals surface area contributed by atoms with Crippen LogP contribution in [0.15, 0.2) is 48.5 Å². The number of hydrogen-bond acceptors (Lipinski definition) is 4. The molecule has 0 spiro atoms. The quantitative estimate of drug-likeness (QED) is 0.674. The third kappa shape index (κ3) is 6.27. The lowest BCUT2D eigenvalue weighted by molar-refractivity contribution is -0.167. The number of nitrogens with one attached hydrogen (secondary N) is 3. The average molecular weight is 415 g/mol. The van der Waals surface area contributed by atoms with Crippen molar-refractivity contribution in [3.8, 4) is 0 Å². The van der Waals surface area contributed by atoms with E-state index in [0.717, 1.165) is 6.26 Å². The summed E-state index contributed by atoms with van der Waals surface area (Å²) in [6, 6.07) is 11.3. The molecule has 0 unspecified atom stereocenters. The maximum absolute atomic E-state index is 12.4. The molecule has 2 aromatic carbocycles. The molecule has 2 aromatic rings. The number of halogens is 3. The topological polar surface area (TPSA) is 104 Å². The first kappa shape index (κ1) is 21.2. The lowest BCUT2D eigenvalue weighted by Crippen LogP contribution is -2.31. The number of carbonyl (C=O) groups is 2. The van der Waals surface area contributed by atoms with Crippen LogP contribution in [0.25, 0.3) is 0 Å². The number of anilines is 2. The number of amides is 2. The highest BCUT2D eigenvalue weighted by Gasteiger charge is 2.38. The van der Waals surface area contributed by atoms with Crippen molar-refractivity contribution in [2.24, 2.45) is 0 Å². The van der Waals surface area contributed by atoms with Gasteiger partial charge < -0.3 is 10.6 Å². The summed E-state index contributed by atoms with van der Waals surface area (Å²) in [6.07, 6.45) is -4.04. The van der Waals surface area contributed by atoms with Crippen LogP contribution in [0.5, 0.6) is 0 Å². The Balaban J connectivity index is 2.04. The molecule has 3 N–H and O–H groups in total. The highest BCUT2D eigenvalue weighted by molar-refractivity contribution is 7.92. The summed E-state index contributed by atoms with van der Waals surface area (Å²) in [5, 5.41) is 4.29. The maximum atomic E-state index is 12.4. The lowest BCUT2D eigenvalue weighted by Gasteiger charge is -2.13. The highest BCUT2D eigenvalue weighted by atomic mass is 32.2. The zero-order valence-corrected chi connectivity index (χ0v) is 15.3. The van der Waals surface area contributed by atoms with E-state index in [4.69, 9.17) is 0 Å². The van der Waals surface area contributed by atoms with Crippen molar-refractivity contribution in [3.05, 3.63) is 59.7 Å². The molecular weight excluding hydrogens is 399 g/mol. The highest BCUT2D eigenvalue weighted by Crippen LogP contribution is 2.21. The minimum atomic E-state index is -5.03. The van der Waals surface area contributed by atoms with Crippen molar-refractivity contribution in [3.63, 3.8) is 0 Å². The summed E-state index contributed by atoms with van der Waals surface area (Å²) in [7, 11) is -3.45. The van der Waals surface area contributed by atoms with Gasteiger partial charge in [0.2, 0.25) is 10.0 Å². The Kier molecular flexibility index (Phi) is 6.29. The van der Waals surface area contributed by atoms with Crippen LogP contribution in [-0.2, 0) is 21.4 Å². The largest absolute Gasteiger partial charge is 0.471 e. The second kappa shape index (κ2) is 8.30. The summed E-state index contributed by atoms with van der Waals surface area (Å²) >= 11 is 0. The lowest BCUT2D eigenvalue weighted by atomic mass is 10.1. The van der Waals surface area contributed by atoms with Crippen molar-refractivity contribution in [1.29, 1.82) is 0 Å². The number of alkyl halides is 3. The summed E-state index contributed by atoms with van der Waals surface area (Å²) < 4.78 is 61.8. The van der Waals surface area contributed by atoms with Crippen molar-refractivity contribution < 1.29 is 31.2 Å². The van der Waals surface area contributed by atoms with Crippen LogP contribution in [0.1, 0.15) is 15.9 Å². The molecule has 0 saturated carbocycles. The van der Waals surface area contributed by atoms with E-state index in [-0.39, 0.29) is 29.0 Å². The zero-order valence-electron chi connectivity index (χ0n) is 14.5. The van der Waals surface area contributed by atoms with Crippen LogP contribution in [0.4, 0.5) is 24.5 Å². The van der Waals surface area contributed by atoms with Gasteiger partial charge in [0, 0.05) is 23.5 Å². The van der Waals surface area contributed by atoms with E-state index in [1.807, 2.05) is 0 Å². The van der Waals surface area contributed by atoms with Gasteiger partial charge in [0.25, 0.3) is 5.91 Å². The molecule has 0 aliphatic rings. The molecule has 0 aromatic heterocycles. The third-order valence-corrected chi connectivity index (χ3v) is 4.02. The van der Waals surface area contributed by atoms with E-state index in [0.29, 0.717) is 0 Å². The van der Waals surface area contributed by atoms with Gasteiger partial charge in [0.1, 0.15) is 0 Å². The van der Waals surface area contributed by atoms with Gasteiger partial charge in [-0.1, -0.05) is 18.2 Å². The molecule has 0 heterocycles. The van der Waals surface area contributed by atoms with Crippen LogP contribution >= 0.6 is 0 Å². The predicted molar refractivity (Wildman–Crippen MR) is 97.2 cm³/mol. The first-order chi connectivity index (χ1) is 13.0. The molecule has 11 heteroatoms. The van der Waals surface area contributed by atoms with Gasteiger partial charge in [0.15, 0.2) is 0 Å². The Morgan fingerprint density at radius 2 is 1.61 bits per heavy atom. The molecule has 2 amide bonds. The summed E-state index contributed by atoms with van der Waals surface area (Å²) in [4.78, 5) is 23.3.